The van der Waals surface area contributed by atoms with E-state index in [4.69, 9.17) is 9.47 Å². The van der Waals surface area contributed by atoms with Crippen molar-refractivity contribution in [3.05, 3.63) is 59.7 Å². The van der Waals surface area contributed by atoms with Crippen LogP contribution in [0, 0.1) is 11.6 Å². The van der Waals surface area contributed by atoms with Crippen molar-refractivity contribution in [3.63, 3.8) is 0 Å². The van der Waals surface area contributed by atoms with Crippen LogP contribution in [0.5, 0.6) is 11.5 Å². The fraction of sp³-hybridized carbons (Fsp3) is 0.235. The van der Waals surface area contributed by atoms with Gasteiger partial charge in [0.15, 0.2) is 18.2 Å². The second-order valence-corrected chi connectivity index (χ2v) is 4.93. The van der Waals surface area contributed by atoms with Gasteiger partial charge in [-0.3, -0.25) is 4.79 Å². The molecular weight excluding hydrogens is 304 g/mol. The van der Waals surface area contributed by atoms with Gasteiger partial charge < -0.3 is 14.8 Å². The van der Waals surface area contributed by atoms with Crippen LogP contribution in [0.3, 0.4) is 0 Å². The van der Waals surface area contributed by atoms with Gasteiger partial charge in [0.1, 0.15) is 11.6 Å². The normalized spacial score (nSPS) is 11.7. The number of amides is 1. The molecule has 0 aliphatic heterocycles. The molecule has 1 atom stereocenters. The monoisotopic (exact) mass is 321 g/mol. The molecule has 0 spiro atoms. The Morgan fingerprint density at radius 3 is 2.65 bits per heavy atom. The molecule has 0 fully saturated rings. The summed E-state index contributed by atoms with van der Waals surface area (Å²) in [4.78, 5) is 11.8. The van der Waals surface area contributed by atoms with Crippen molar-refractivity contribution in [2.75, 3.05) is 13.7 Å². The molecule has 0 bridgehead atoms. The standard InChI is InChI=1S/C17H17F2NO3/c1-11(12-6-7-16(22-2)15(19)8-12)20-17(21)10-23-14-5-3-4-13(18)9-14/h3-9,11H,10H2,1-2H3,(H,20,21)/t11-/m0/s1. The Kier molecular flexibility index (Phi) is 5.51. The van der Waals surface area contributed by atoms with E-state index in [1.165, 1.54) is 37.4 Å². The van der Waals surface area contributed by atoms with E-state index in [9.17, 15) is 13.6 Å². The topological polar surface area (TPSA) is 47.6 Å². The zero-order valence-electron chi connectivity index (χ0n) is 12.8. The second kappa shape index (κ2) is 7.58. The van der Waals surface area contributed by atoms with E-state index >= 15 is 0 Å². The molecule has 2 rings (SSSR count). The summed E-state index contributed by atoms with van der Waals surface area (Å²) >= 11 is 0. The molecule has 122 valence electrons. The van der Waals surface area contributed by atoms with Crippen molar-refractivity contribution in [2.45, 2.75) is 13.0 Å². The number of ether oxygens (including phenoxy) is 2. The van der Waals surface area contributed by atoms with Crippen molar-refractivity contribution < 1.29 is 23.0 Å². The predicted octanol–water partition coefficient (Wildman–Crippen LogP) is 3.23. The fourth-order valence-corrected chi connectivity index (χ4v) is 2.02. The lowest BCUT2D eigenvalue weighted by atomic mass is 10.1. The van der Waals surface area contributed by atoms with Crippen molar-refractivity contribution in [3.8, 4) is 11.5 Å². The van der Waals surface area contributed by atoms with Gasteiger partial charge in [-0.15, -0.1) is 0 Å². The molecule has 4 nitrogen and oxygen atoms in total. The average Bonchev–Trinajstić information content (AvgIpc) is 2.53. The molecule has 2 aromatic rings. The van der Waals surface area contributed by atoms with Gasteiger partial charge in [-0.25, -0.2) is 8.78 Å². The molecule has 0 aromatic heterocycles. The van der Waals surface area contributed by atoms with Gasteiger partial charge >= 0.3 is 0 Å². The molecule has 0 aliphatic carbocycles. The maximum atomic E-state index is 13.7. The lowest BCUT2D eigenvalue weighted by Crippen LogP contribution is -2.31. The highest BCUT2D eigenvalue weighted by Crippen LogP contribution is 2.21. The fourth-order valence-electron chi connectivity index (χ4n) is 2.02. The molecule has 0 radical (unpaired) electrons. The van der Waals surface area contributed by atoms with E-state index in [0.717, 1.165) is 0 Å². The van der Waals surface area contributed by atoms with Gasteiger partial charge in [0, 0.05) is 6.07 Å². The number of rotatable bonds is 6. The Labute approximate surface area is 133 Å². The zero-order valence-corrected chi connectivity index (χ0v) is 12.8. The minimum absolute atomic E-state index is 0.140. The molecule has 1 amide bonds. The van der Waals surface area contributed by atoms with Crippen LogP contribution in [-0.4, -0.2) is 19.6 Å². The van der Waals surface area contributed by atoms with Crippen LogP contribution in [0.15, 0.2) is 42.5 Å². The van der Waals surface area contributed by atoms with Crippen molar-refractivity contribution in [1.82, 2.24) is 5.32 Å². The van der Waals surface area contributed by atoms with Crippen LogP contribution in [0.25, 0.3) is 0 Å². The molecule has 0 heterocycles. The first-order valence-corrected chi connectivity index (χ1v) is 7.00. The number of halogens is 2. The highest BCUT2D eigenvalue weighted by molar-refractivity contribution is 5.78. The Morgan fingerprint density at radius 2 is 2.00 bits per heavy atom. The summed E-state index contributed by atoms with van der Waals surface area (Å²) in [5.41, 5.74) is 0.599. The number of hydrogen-bond acceptors (Lipinski definition) is 3. The first-order valence-electron chi connectivity index (χ1n) is 7.00. The molecule has 0 saturated heterocycles. The molecule has 0 aliphatic rings. The van der Waals surface area contributed by atoms with Gasteiger partial charge in [0.2, 0.25) is 0 Å². The summed E-state index contributed by atoms with van der Waals surface area (Å²) in [6.07, 6.45) is 0. The van der Waals surface area contributed by atoms with Crippen LogP contribution in [0.1, 0.15) is 18.5 Å². The molecule has 2 aromatic carbocycles. The molecule has 0 saturated carbocycles. The van der Waals surface area contributed by atoms with Crippen LogP contribution in [0.4, 0.5) is 8.78 Å². The average molecular weight is 321 g/mol. The van der Waals surface area contributed by atoms with Crippen molar-refractivity contribution in [1.29, 1.82) is 0 Å². The SMILES string of the molecule is COc1ccc([C@H](C)NC(=O)COc2cccc(F)c2)cc1F. The summed E-state index contributed by atoms with van der Waals surface area (Å²) in [6, 6.07) is 9.58. The highest BCUT2D eigenvalue weighted by Gasteiger charge is 2.13. The number of nitrogens with one attached hydrogen (secondary N) is 1. The van der Waals surface area contributed by atoms with E-state index in [-0.39, 0.29) is 18.1 Å². The van der Waals surface area contributed by atoms with E-state index in [1.54, 1.807) is 19.1 Å². The first-order chi connectivity index (χ1) is 11.0. The quantitative estimate of drug-likeness (QED) is 0.888. The number of hydrogen-bond donors (Lipinski definition) is 1. The van der Waals surface area contributed by atoms with Crippen LogP contribution in [0.2, 0.25) is 0 Å². The molecule has 0 unspecified atom stereocenters. The van der Waals surface area contributed by atoms with E-state index in [0.29, 0.717) is 5.56 Å². The van der Waals surface area contributed by atoms with Gasteiger partial charge in [0.05, 0.1) is 13.2 Å². The third kappa shape index (κ3) is 4.67. The van der Waals surface area contributed by atoms with E-state index < -0.39 is 23.6 Å². The van der Waals surface area contributed by atoms with E-state index in [1.807, 2.05) is 0 Å². The minimum atomic E-state index is -0.498. The van der Waals surface area contributed by atoms with Crippen LogP contribution >= 0.6 is 0 Å². The minimum Gasteiger partial charge on any atom is -0.494 e. The predicted molar refractivity (Wildman–Crippen MR) is 81.4 cm³/mol. The van der Waals surface area contributed by atoms with Gasteiger partial charge in [-0.2, -0.15) is 0 Å². The molecular formula is C17H17F2NO3. The highest BCUT2D eigenvalue weighted by atomic mass is 19.1. The zero-order chi connectivity index (χ0) is 16.8. The second-order valence-electron chi connectivity index (χ2n) is 4.93. The lowest BCUT2D eigenvalue weighted by Gasteiger charge is -2.15. The van der Waals surface area contributed by atoms with E-state index in [2.05, 4.69) is 5.32 Å². The number of carbonyl (C=O) groups is 1. The number of methoxy groups -OCH3 is 1. The lowest BCUT2D eigenvalue weighted by molar-refractivity contribution is -0.123. The van der Waals surface area contributed by atoms with Crippen molar-refractivity contribution >= 4 is 5.91 Å². The third-order valence-electron chi connectivity index (χ3n) is 3.22. The first kappa shape index (κ1) is 16.7. The summed E-state index contributed by atoms with van der Waals surface area (Å²) in [7, 11) is 1.38. The van der Waals surface area contributed by atoms with Crippen LogP contribution < -0.4 is 14.8 Å². The maximum Gasteiger partial charge on any atom is 0.258 e. The maximum absolute atomic E-state index is 13.7. The van der Waals surface area contributed by atoms with Gasteiger partial charge in [-0.1, -0.05) is 12.1 Å². The summed E-state index contributed by atoms with van der Waals surface area (Å²) < 4.78 is 36.7. The summed E-state index contributed by atoms with van der Waals surface area (Å²) in [5, 5.41) is 2.68. The number of benzene rings is 2. The Bertz CT molecular complexity index is 691. The Morgan fingerprint density at radius 1 is 1.22 bits per heavy atom. The third-order valence-corrected chi connectivity index (χ3v) is 3.22. The molecule has 23 heavy (non-hydrogen) atoms. The molecule has 6 heteroatoms. The number of carbonyl (C=O) groups excluding carboxylic acids is 1. The van der Waals surface area contributed by atoms with Crippen molar-refractivity contribution in [2.24, 2.45) is 0 Å². The smallest absolute Gasteiger partial charge is 0.258 e. The Balaban J connectivity index is 1.90. The summed E-state index contributed by atoms with van der Waals surface area (Å²) in [6.45, 7) is 1.47. The Hall–Kier alpha value is -2.63. The molecule has 1 N–H and O–H groups in total. The van der Waals surface area contributed by atoms with Gasteiger partial charge in [0.25, 0.3) is 5.91 Å². The van der Waals surface area contributed by atoms with Gasteiger partial charge in [-0.05, 0) is 36.8 Å². The van der Waals surface area contributed by atoms with Crippen LogP contribution in [-0.2, 0) is 4.79 Å². The largest absolute Gasteiger partial charge is 0.494 e. The summed E-state index contributed by atoms with van der Waals surface area (Å²) in [5.74, 6) is -0.921.